The van der Waals surface area contributed by atoms with Crippen LogP contribution >= 0.6 is 22.2 Å². The fourth-order valence-corrected chi connectivity index (χ4v) is 3.99. The van der Waals surface area contributed by atoms with Crippen molar-refractivity contribution in [1.82, 2.24) is 0 Å². The zero-order chi connectivity index (χ0) is 9.68. The third-order valence-corrected chi connectivity index (χ3v) is 5.20. The lowest BCUT2D eigenvalue weighted by atomic mass is 10.1. The van der Waals surface area contributed by atoms with Gasteiger partial charge in [0.25, 0.3) is 0 Å². The van der Waals surface area contributed by atoms with E-state index in [0.717, 1.165) is 12.8 Å². The summed E-state index contributed by atoms with van der Waals surface area (Å²) in [4.78, 5) is 0. The molecule has 0 aliphatic carbocycles. The minimum atomic E-state index is -1.63. The summed E-state index contributed by atoms with van der Waals surface area (Å²) in [6, 6.07) is 10.2. The normalized spacial score (nSPS) is 13.2. The van der Waals surface area contributed by atoms with E-state index < -0.39 is 7.42 Å². The van der Waals surface area contributed by atoms with Gasteiger partial charge in [-0.15, -0.1) is 22.2 Å². The molecule has 13 heavy (non-hydrogen) atoms. The van der Waals surface area contributed by atoms with Gasteiger partial charge in [-0.2, -0.15) is 0 Å². The summed E-state index contributed by atoms with van der Waals surface area (Å²) in [5, 5.41) is 0. The standard InChI is InChI=1S/C10H13Cl2Si/c1-2-6-10(13(11)12)9-7-4-3-5-8-9/h3-5,7-8,10,13H,1-2,6H2. The molecule has 1 rings (SSSR count). The van der Waals surface area contributed by atoms with E-state index in [-0.39, 0.29) is 0 Å². The van der Waals surface area contributed by atoms with Gasteiger partial charge in [-0.25, -0.2) is 0 Å². The molecule has 0 saturated carbocycles. The van der Waals surface area contributed by atoms with Crippen molar-refractivity contribution in [2.45, 2.75) is 18.4 Å². The van der Waals surface area contributed by atoms with E-state index >= 15 is 0 Å². The third-order valence-electron chi connectivity index (χ3n) is 2.05. The van der Waals surface area contributed by atoms with Crippen molar-refractivity contribution < 1.29 is 0 Å². The maximum Gasteiger partial charge on any atom is 0.244 e. The second kappa shape index (κ2) is 5.69. The molecule has 0 aliphatic heterocycles. The van der Waals surface area contributed by atoms with Crippen LogP contribution in [0.3, 0.4) is 0 Å². The fraction of sp³-hybridized carbons (Fsp3) is 0.300. The Morgan fingerprint density at radius 3 is 2.31 bits per heavy atom. The molecule has 1 aromatic carbocycles. The van der Waals surface area contributed by atoms with E-state index in [1.165, 1.54) is 5.56 Å². The predicted octanol–water partition coefficient (Wildman–Crippen LogP) is 3.62. The lowest BCUT2D eigenvalue weighted by Crippen LogP contribution is -2.11. The molecule has 0 saturated heterocycles. The van der Waals surface area contributed by atoms with Crippen molar-refractivity contribution in [2.24, 2.45) is 0 Å². The van der Waals surface area contributed by atoms with E-state index in [0.29, 0.717) is 5.54 Å². The minimum absolute atomic E-state index is 0.349. The van der Waals surface area contributed by atoms with Crippen molar-refractivity contribution in [3.63, 3.8) is 0 Å². The molecular weight excluding hydrogens is 219 g/mol. The highest BCUT2D eigenvalue weighted by Gasteiger charge is 2.19. The van der Waals surface area contributed by atoms with Crippen LogP contribution in [0.4, 0.5) is 0 Å². The van der Waals surface area contributed by atoms with Gasteiger partial charge in [0.2, 0.25) is 7.42 Å². The first-order valence-electron chi connectivity index (χ1n) is 4.38. The fourth-order valence-electron chi connectivity index (χ4n) is 1.36. The number of hydrogen-bond acceptors (Lipinski definition) is 0. The monoisotopic (exact) mass is 231 g/mol. The van der Waals surface area contributed by atoms with Crippen LogP contribution < -0.4 is 0 Å². The molecule has 3 heteroatoms. The summed E-state index contributed by atoms with van der Waals surface area (Å²) in [5.41, 5.74) is 1.61. The quantitative estimate of drug-likeness (QED) is 0.549. The van der Waals surface area contributed by atoms with Gasteiger partial charge in [0, 0.05) is 5.54 Å². The summed E-state index contributed by atoms with van der Waals surface area (Å²) >= 11 is 12.1. The molecule has 0 N–H and O–H groups in total. The first kappa shape index (κ1) is 11.1. The molecule has 0 aliphatic rings. The maximum absolute atomic E-state index is 6.03. The SMILES string of the molecule is [CH2]CCC(c1ccccc1)[SiH](Cl)Cl. The van der Waals surface area contributed by atoms with Crippen LogP contribution in [0.2, 0.25) is 0 Å². The molecule has 1 unspecified atom stereocenters. The van der Waals surface area contributed by atoms with Crippen LogP contribution in [0.25, 0.3) is 0 Å². The first-order valence-corrected chi connectivity index (χ1v) is 8.54. The lowest BCUT2D eigenvalue weighted by Gasteiger charge is -2.15. The van der Waals surface area contributed by atoms with E-state index in [4.69, 9.17) is 22.2 Å². The Hall–Kier alpha value is 0.0169. The van der Waals surface area contributed by atoms with Crippen LogP contribution in [0.15, 0.2) is 30.3 Å². The Morgan fingerprint density at radius 2 is 1.85 bits per heavy atom. The summed E-state index contributed by atoms with van der Waals surface area (Å²) in [7, 11) is -1.63. The molecule has 1 atom stereocenters. The van der Waals surface area contributed by atoms with Crippen LogP contribution in [-0.2, 0) is 0 Å². The Balaban J connectivity index is 2.76. The van der Waals surface area contributed by atoms with Gasteiger partial charge in [0.05, 0.1) is 0 Å². The van der Waals surface area contributed by atoms with E-state index in [1.807, 2.05) is 18.2 Å². The summed E-state index contributed by atoms with van der Waals surface area (Å²) in [5.74, 6) is 0. The van der Waals surface area contributed by atoms with Gasteiger partial charge in [-0.05, 0) is 12.0 Å². The summed E-state index contributed by atoms with van der Waals surface area (Å²) in [6.45, 7) is 3.84. The van der Waals surface area contributed by atoms with Gasteiger partial charge in [-0.1, -0.05) is 43.7 Å². The highest BCUT2D eigenvalue weighted by Crippen LogP contribution is 2.27. The predicted molar refractivity (Wildman–Crippen MR) is 62.6 cm³/mol. The molecule has 0 fully saturated rings. The highest BCUT2D eigenvalue weighted by atomic mass is 35.7. The molecule has 0 amide bonds. The van der Waals surface area contributed by atoms with Gasteiger partial charge in [-0.3, -0.25) is 0 Å². The Labute approximate surface area is 90.9 Å². The van der Waals surface area contributed by atoms with Crippen molar-refractivity contribution in [1.29, 1.82) is 0 Å². The van der Waals surface area contributed by atoms with Gasteiger partial charge < -0.3 is 0 Å². The summed E-state index contributed by atoms with van der Waals surface area (Å²) < 4.78 is 0. The second-order valence-electron chi connectivity index (χ2n) is 2.99. The Morgan fingerprint density at radius 1 is 1.23 bits per heavy atom. The van der Waals surface area contributed by atoms with Crippen molar-refractivity contribution in [3.8, 4) is 0 Å². The average molecular weight is 232 g/mol. The van der Waals surface area contributed by atoms with Crippen molar-refractivity contribution in [2.75, 3.05) is 0 Å². The number of hydrogen-bond donors (Lipinski definition) is 0. The molecule has 1 radical (unpaired) electrons. The third kappa shape index (κ3) is 3.33. The number of benzene rings is 1. The summed E-state index contributed by atoms with van der Waals surface area (Å²) in [6.07, 6.45) is 1.89. The largest absolute Gasteiger partial charge is 0.244 e. The van der Waals surface area contributed by atoms with Gasteiger partial charge in [0.1, 0.15) is 0 Å². The zero-order valence-electron chi connectivity index (χ0n) is 7.42. The molecule has 1 aromatic rings. The molecule has 0 spiro atoms. The van der Waals surface area contributed by atoms with E-state index in [2.05, 4.69) is 19.1 Å². The number of halogens is 2. The van der Waals surface area contributed by atoms with Crippen LogP contribution in [0.5, 0.6) is 0 Å². The van der Waals surface area contributed by atoms with E-state index in [9.17, 15) is 0 Å². The molecular formula is C10H13Cl2Si. The average Bonchev–Trinajstić information content (AvgIpc) is 2.15. The van der Waals surface area contributed by atoms with Crippen LogP contribution in [0, 0.1) is 6.92 Å². The Kier molecular flexibility index (Phi) is 4.85. The van der Waals surface area contributed by atoms with Gasteiger partial charge >= 0.3 is 0 Å². The topological polar surface area (TPSA) is 0 Å². The highest BCUT2D eigenvalue weighted by molar-refractivity contribution is 7.34. The zero-order valence-corrected chi connectivity index (χ0v) is 10.1. The van der Waals surface area contributed by atoms with E-state index in [1.54, 1.807) is 0 Å². The molecule has 0 aromatic heterocycles. The Bertz CT molecular complexity index is 236. The molecule has 0 bridgehead atoms. The van der Waals surface area contributed by atoms with Crippen LogP contribution in [-0.4, -0.2) is 7.42 Å². The van der Waals surface area contributed by atoms with Gasteiger partial charge in [0.15, 0.2) is 0 Å². The molecule has 0 nitrogen and oxygen atoms in total. The smallest absolute Gasteiger partial charge is 0.150 e. The molecule has 71 valence electrons. The number of rotatable bonds is 4. The maximum atomic E-state index is 6.03. The lowest BCUT2D eigenvalue weighted by molar-refractivity contribution is 0.805. The van der Waals surface area contributed by atoms with Crippen LogP contribution in [0.1, 0.15) is 23.9 Å². The first-order chi connectivity index (χ1) is 6.25. The minimum Gasteiger partial charge on any atom is -0.150 e. The molecule has 0 heterocycles. The second-order valence-corrected chi connectivity index (χ2v) is 7.96. The van der Waals surface area contributed by atoms with Crippen molar-refractivity contribution >= 4 is 29.6 Å². The van der Waals surface area contributed by atoms with Crippen molar-refractivity contribution in [3.05, 3.63) is 42.8 Å².